The third-order valence-corrected chi connectivity index (χ3v) is 6.55. The van der Waals surface area contributed by atoms with E-state index in [9.17, 15) is 9.59 Å². The summed E-state index contributed by atoms with van der Waals surface area (Å²) in [7, 11) is 0. The van der Waals surface area contributed by atoms with Crippen molar-refractivity contribution in [3.05, 3.63) is 149 Å². The third-order valence-electron chi connectivity index (χ3n) is 6.55. The number of hydrogen-bond acceptors (Lipinski definition) is 4. The number of rotatable bonds is 8. The topological polar surface area (TPSA) is 69.6 Å². The van der Waals surface area contributed by atoms with Crippen LogP contribution in [0.15, 0.2) is 127 Å². The molecule has 0 bridgehead atoms. The molecule has 0 aliphatic carbocycles. The average Bonchev–Trinajstić information content (AvgIpc) is 3.19. The minimum atomic E-state index is -0.557. The van der Waals surface area contributed by atoms with Crippen molar-refractivity contribution in [2.75, 3.05) is 18.5 Å². The fourth-order valence-corrected chi connectivity index (χ4v) is 4.93. The third kappa shape index (κ3) is 4.10. The van der Waals surface area contributed by atoms with E-state index in [2.05, 4.69) is 90.2 Å². The molecular weight excluding hydrogens is 448 g/mol. The molecule has 5 rings (SSSR count). The normalized spacial score (nSPS) is 13.6. The van der Waals surface area contributed by atoms with Gasteiger partial charge in [0.15, 0.2) is 0 Å². The maximum Gasteiger partial charge on any atom is 0.277 e. The predicted octanol–water partition coefficient (Wildman–Crippen LogP) is 4.73. The van der Waals surface area contributed by atoms with Crippen molar-refractivity contribution in [3.63, 3.8) is 0 Å². The van der Waals surface area contributed by atoms with Gasteiger partial charge in [-0.2, -0.15) is 0 Å². The maximum absolute atomic E-state index is 12.6. The van der Waals surface area contributed by atoms with Gasteiger partial charge in [0.1, 0.15) is 5.70 Å². The number of carbonyl (C=O) groups excluding carboxylic acids is 2. The molecule has 0 unspecified atom stereocenters. The van der Waals surface area contributed by atoms with Crippen molar-refractivity contribution < 1.29 is 14.7 Å². The Balaban J connectivity index is 1.59. The predicted molar refractivity (Wildman–Crippen MR) is 140 cm³/mol. The molecule has 36 heavy (non-hydrogen) atoms. The van der Waals surface area contributed by atoms with E-state index in [0.29, 0.717) is 5.69 Å². The number of β-amino-alcohol motifs (C(OH)–C–C–N with tert-alkyl or cyclic N) is 1. The summed E-state index contributed by atoms with van der Waals surface area (Å²) in [5.41, 5.74) is 4.83. The fourth-order valence-electron chi connectivity index (χ4n) is 4.93. The molecule has 1 aliphatic rings. The molecule has 0 atom stereocenters. The molecule has 5 heteroatoms. The lowest BCUT2D eigenvalue weighted by Crippen LogP contribution is -2.34. The van der Waals surface area contributed by atoms with Crippen molar-refractivity contribution in [1.82, 2.24) is 4.90 Å². The molecule has 0 saturated carbocycles. The van der Waals surface area contributed by atoms with E-state index in [0.717, 1.165) is 27.2 Å². The highest BCUT2D eigenvalue weighted by molar-refractivity contribution is 6.17. The molecule has 178 valence electrons. The Morgan fingerprint density at radius 1 is 0.639 bits per heavy atom. The van der Waals surface area contributed by atoms with Gasteiger partial charge in [-0.15, -0.1) is 0 Å². The average molecular weight is 475 g/mol. The molecule has 2 N–H and O–H groups in total. The number of carbonyl (C=O) groups is 2. The van der Waals surface area contributed by atoms with Crippen molar-refractivity contribution in [1.29, 1.82) is 0 Å². The van der Waals surface area contributed by atoms with Crippen LogP contribution < -0.4 is 5.32 Å². The Hall–Kier alpha value is -4.48. The first-order valence-electron chi connectivity index (χ1n) is 11.9. The molecule has 0 aromatic heterocycles. The van der Waals surface area contributed by atoms with Crippen LogP contribution in [-0.4, -0.2) is 35.0 Å². The molecular formula is C31H26N2O3. The number of amides is 2. The highest BCUT2D eigenvalue weighted by atomic mass is 16.3. The molecule has 0 radical (unpaired) electrons. The Bertz CT molecular complexity index is 1290. The van der Waals surface area contributed by atoms with Gasteiger partial charge in [-0.05, 0) is 34.4 Å². The Morgan fingerprint density at radius 3 is 1.53 bits per heavy atom. The van der Waals surface area contributed by atoms with E-state index in [4.69, 9.17) is 5.11 Å². The largest absolute Gasteiger partial charge is 0.395 e. The standard InChI is InChI=1S/C31H26N2O3/c34-21-20-33-29(35)22-28(30(33)36)32-27-18-16-26(17-19-27)31(23-10-4-1-5-11-23,24-12-6-2-7-13-24)25-14-8-3-9-15-25/h1-19,22,32,34H,20-21H2. The number of imide groups is 1. The highest BCUT2D eigenvalue weighted by Gasteiger charge is 2.38. The second-order valence-corrected chi connectivity index (χ2v) is 8.63. The van der Waals surface area contributed by atoms with Crippen LogP contribution >= 0.6 is 0 Å². The van der Waals surface area contributed by atoms with Crippen LogP contribution in [0.2, 0.25) is 0 Å². The molecule has 4 aromatic carbocycles. The van der Waals surface area contributed by atoms with Crippen LogP contribution in [0.5, 0.6) is 0 Å². The summed E-state index contributed by atoms with van der Waals surface area (Å²) in [6.45, 7) is -0.292. The lowest BCUT2D eigenvalue weighted by molar-refractivity contribution is -0.137. The van der Waals surface area contributed by atoms with Gasteiger partial charge in [0.2, 0.25) is 0 Å². The van der Waals surface area contributed by atoms with Crippen LogP contribution in [0, 0.1) is 0 Å². The summed E-state index contributed by atoms with van der Waals surface area (Å²) in [4.78, 5) is 25.7. The number of aliphatic hydroxyl groups is 1. The van der Waals surface area contributed by atoms with Gasteiger partial charge >= 0.3 is 0 Å². The van der Waals surface area contributed by atoms with Crippen molar-refractivity contribution in [3.8, 4) is 0 Å². The molecule has 4 aromatic rings. The summed E-state index contributed by atoms with van der Waals surface area (Å²) in [5, 5.41) is 12.2. The van der Waals surface area contributed by atoms with Gasteiger partial charge in [-0.25, -0.2) is 0 Å². The zero-order valence-corrected chi connectivity index (χ0v) is 19.7. The van der Waals surface area contributed by atoms with Crippen LogP contribution in [0.4, 0.5) is 5.69 Å². The monoisotopic (exact) mass is 474 g/mol. The fraction of sp³-hybridized carbons (Fsp3) is 0.0968. The maximum atomic E-state index is 12.6. The first-order valence-corrected chi connectivity index (χ1v) is 11.9. The molecule has 0 saturated heterocycles. The molecule has 1 heterocycles. The number of benzene rings is 4. The summed E-state index contributed by atoms with van der Waals surface area (Å²) in [6, 6.07) is 39.2. The lowest BCUT2D eigenvalue weighted by Gasteiger charge is -2.37. The molecule has 5 nitrogen and oxygen atoms in total. The Kier molecular flexibility index (Phi) is 6.48. The van der Waals surface area contributed by atoms with E-state index in [1.165, 1.54) is 6.08 Å². The van der Waals surface area contributed by atoms with Crippen molar-refractivity contribution in [2.45, 2.75) is 5.41 Å². The van der Waals surface area contributed by atoms with E-state index < -0.39 is 17.2 Å². The van der Waals surface area contributed by atoms with Gasteiger partial charge in [-0.1, -0.05) is 103 Å². The van der Waals surface area contributed by atoms with Gasteiger partial charge in [0, 0.05) is 11.8 Å². The van der Waals surface area contributed by atoms with Gasteiger partial charge in [-0.3, -0.25) is 14.5 Å². The number of nitrogens with one attached hydrogen (secondary N) is 1. The van der Waals surface area contributed by atoms with Crippen LogP contribution in [0.3, 0.4) is 0 Å². The minimum absolute atomic E-state index is 0.0218. The first-order chi connectivity index (χ1) is 17.6. The molecule has 0 fully saturated rings. The van der Waals surface area contributed by atoms with Gasteiger partial charge in [0.05, 0.1) is 18.6 Å². The number of anilines is 1. The summed E-state index contributed by atoms with van der Waals surface area (Å²) in [6.07, 6.45) is 1.27. The quantitative estimate of drug-likeness (QED) is 0.286. The lowest BCUT2D eigenvalue weighted by atomic mass is 9.65. The number of nitrogens with zero attached hydrogens (tertiary/aromatic N) is 1. The summed E-state index contributed by atoms with van der Waals surface area (Å²) >= 11 is 0. The number of hydrogen-bond donors (Lipinski definition) is 2. The first kappa shape index (κ1) is 23.3. The van der Waals surface area contributed by atoms with Crippen molar-refractivity contribution in [2.24, 2.45) is 0 Å². The van der Waals surface area contributed by atoms with Crippen molar-refractivity contribution >= 4 is 17.5 Å². The second kappa shape index (κ2) is 10.0. The zero-order chi connectivity index (χ0) is 25.0. The smallest absolute Gasteiger partial charge is 0.277 e. The van der Waals surface area contributed by atoms with E-state index in [1.54, 1.807) is 0 Å². The molecule has 2 amide bonds. The number of aliphatic hydroxyl groups excluding tert-OH is 1. The summed E-state index contributed by atoms with van der Waals surface area (Å²) in [5.74, 6) is -0.866. The van der Waals surface area contributed by atoms with E-state index in [-0.39, 0.29) is 18.8 Å². The Morgan fingerprint density at radius 2 is 1.08 bits per heavy atom. The van der Waals surface area contributed by atoms with E-state index in [1.807, 2.05) is 30.3 Å². The highest BCUT2D eigenvalue weighted by Crippen LogP contribution is 2.45. The van der Waals surface area contributed by atoms with Gasteiger partial charge < -0.3 is 10.4 Å². The minimum Gasteiger partial charge on any atom is -0.395 e. The van der Waals surface area contributed by atoms with Crippen LogP contribution in [-0.2, 0) is 15.0 Å². The van der Waals surface area contributed by atoms with Gasteiger partial charge in [0.25, 0.3) is 11.8 Å². The van der Waals surface area contributed by atoms with Crippen LogP contribution in [0.1, 0.15) is 22.3 Å². The second-order valence-electron chi connectivity index (χ2n) is 8.63. The summed E-state index contributed by atoms with van der Waals surface area (Å²) < 4.78 is 0. The van der Waals surface area contributed by atoms with Crippen LogP contribution in [0.25, 0.3) is 0 Å². The molecule has 1 aliphatic heterocycles. The van der Waals surface area contributed by atoms with E-state index >= 15 is 0 Å². The Labute approximate surface area is 210 Å². The zero-order valence-electron chi connectivity index (χ0n) is 19.7. The molecule has 0 spiro atoms. The SMILES string of the molecule is O=C1C=C(Nc2ccc(C(c3ccccc3)(c3ccccc3)c3ccccc3)cc2)C(=O)N1CCO.